The van der Waals surface area contributed by atoms with E-state index < -0.39 is 21.1 Å². The van der Waals surface area contributed by atoms with Crippen LogP contribution in [0.1, 0.15) is 91.4 Å². The van der Waals surface area contributed by atoms with E-state index in [4.69, 9.17) is 4.74 Å². The summed E-state index contributed by atoms with van der Waals surface area (Å²) in [6, 6.07) is 0. The summed E-state index contributed by atoms with van der Waals surface area (Å²) in [5.41, 5.74) is 0. The molecule has 0 aromatic heterocycles. The molecule has 1 aliphatic heterocycles. The maximum absolute atomic E-state index is 6.01. The number of unbranched alkanes of at least 4 members (excludes halogenated alkanes) is 3. The molecule has 2 radical (unpaired) electrons. The van der Waals surface area contributed by atoms with Gasteiger partial charge in [-0.05, 0) is 0 Å². The number of allylic oxidation sites excluding steroid dienone is 1. The third kappa shape index (κ3) is 6.87. The van der Waals surface area contributed by atoms with Crippen molar-refractivity contribution in [2.45, 2.75) is 94.8 Å². The van der Waals surface area contributed by atoms with Crippen LogP contribution in [-0.4, -0.2) is 27.7 Å². The quantitative estimate of drug-likeness (QED) is 0.392. The summed E-state index contributed by atoms with van der Waals surface area (Å²) in [6.07, 6.45) is 17.6. The van der Waals surface area contributed by atoms with Crippen LogP contribution < -0.4 is 0 Å². The van der Waals surface area contributed by atoms with Crippen molar-refractivity contribution in [1.82, 2.24) is 0 Å². The van der Waals surface area contributed by atoms with Crippen molar-refractivity contribution in [1.29, 1.82) is 0 Å². The summed E-state index contributed by atoms with van der Waals surface area (Å²) < 4.78 is 8.17. The molecular weight excluding hydrogens is 351 g/mol. The van der Waals surface area contributed by atoms with Crippen LogP contribution >= 0.6 is 0 Å². The zero-order chi connectivity index (χ0) is 14.7. The first-order valence-corrected chi connectivity index (χ1v) is 11.7. The van der Waals surface area contributed by atoms with Crippen LogP contribution in [0.5, 0.6) is 0 Å². The number of ether oxygens (including phenoxy) is 1. The molecule has 1 heterocycles. The third-order valence-corrected chi connectivity index (χ3v) is 9.70. The number of hydrogen-bond donors (Lipinski definition) is 0. The molecule has 0 aliphatic carbocycles. The van der Waals surface area contributed by atoms with Crippen LogP contribution in [0.4, 0.5) is 0 Å². The van der Waals surface area contributed by atoms with E-state index in [0.717, 1.165) is 6.61 Å². The first-order valence-electron chi connectivity index (χ1n) is 8.87. The summed E-state index contributed by atoms with van der Waals surface area (Å²) in [4.78, 5) is 0. The second-order valence-electron chi connectivity index (χ2n) is 6.28. The standard InChI is InChI=1S/C13H27.C5H7O.Sn/c1-4-7-10-13(11-8-5-2)12-9-6-3;1-2-4-6-5-3-1;/h4-12H2,1-3H3;2H,1,3,5H2;. The Morgan fingerprint density at radius 1 is 1.00 bits per heavy atom. The third-order valence-electron chi connectivity index (χ3n) is 4.35. The van der Waals surface area contributed by atoms with Gasteiger partial charge in [0, 0.05) is 0 Å². The Morgan fingerprint density at radius 3 is 1.95 bits per heavy atom. The van der Waals surface area contributed by atoms with E-state index in [1.165, 1.54) is 74.4 Å². The van der Waals surface area contributed by atoms with Crippen molar-refractivity contribution < 1.29 is 4.74 Å². The topological polar surface area (TPSA) is 9.23 Å². The van der Waals surface area contributed by atoms with Crippen LogP contribution in [-0.2, 0) is 4.74 Å². The zero-order valence-corrected chi connectivity index (χ0v) is 16.8. The van der Waals surface area contributed by atoms with Crippen molar-refractivity contribution in [3.8, 4) is 0 Å². The summed E-state index contributed by atoms with van der Waals surface area (Å²) >= 11 is -0.574. The Labute approximate surface area is 137 Å². The van der Waals surface area contributed by atoms with Crippen LogP contribution in [0.2, 0.25) is 3.43 Å². The minimum absolute atomic E-state index is 0.574. The second-order valence-corrected chi connectivity index (χ2v) is 11.4. The van der Waals surface area contributed by atoms with Gasteiger partial charge < -0.3 is 0 Å². The Bertz CT molecular complexity index is 251. The fraction of sp³-hybridized carbons (Fsp3) is 0.889. The van der Waals surface area contributed by atoms with Crippen molar-refractivity contribution in [3.63, 3.8) is 0 Å². The fourth-order valence-electron chi connectivity index (χ4n) is 3.01. The van der Waals surface area contributed by atoms with E-state index in [-0.39, 0.29) is 0 Å². The zero-order valence-electron chi connectivity index (χ0n) is 14.0. The van der Waals surface area contributed by atoms with Gasteiger partial charge in [0.1, 0.15) is 0 Å². The molecule has 1 nitrogen and oxygen atoms in total. The molecule has 20 heavy (non-hydrogen) atoms. The first kappa shape index (κ1) is 18.4. The summed E-state index contributed by atoms with van der Waals surface area (Å²) in [6.45, 7) is 8.00. The maximum atomic E-state index is 6.01. The monoisotopic (exact) mass is 386 g/mol. The molecule has 2 heteroatoms. The molecule has 0 N–H and O–H groups in total. The van der Waals surface area contributed by atoms with Gasteiger partial charge in [0.25, 0.3) is 0 Å². The number of hydrogen-bond acceptors (Lipinski definition) is 1. The molecule has 0 saturated heterocycles. The van der Waals surface area contributed by atoms with Gasteiger partial charge in [-0.15, -0.1) is 0 Å². The molecule has 0 unspecified atom stereocenters. The molecule has 0 saturated carbocycles. The Hall–Kier alpha value is 0.339. The van der Waals surface area contributed by atoms with Crippen molar-refractivity contribution in [3.05, 3.63) is 9.85 Å². The average molecular weight is 385 g/mol. The first-order chi connectivity index (χ1) is 9.76. The van der Waals surface area contributed by atoms with Gasteiger partial charge in [0.2, 0.25) is 0 Å². The van der Waals surface area contributed by atoms with Crippen molar-refractivity contribution in [2.75, 3.05) is 6.61 Å². The van der Waals surface area contributed by atoms with Gasteiger partial charge in [0.05, 0.1) is 0 Å². The molecule has 0 fully saturated rings. The molecular formula is C18H34OSn. The summed E-state index contributed by atoms with van der Waals surface area (Å²) in [5, 5.41) is 0. The Balaban J connectivity index is 2.72. The van der Waals surface area contributed by atoms with Crippen LogP contribution in [0.3, 0.4) is 0 Å². The molecule has 0 spiro atoms. The summed E-state index contributed by atoms with van der Waals surface area (Å²) in [7, 11) is 0. The van der Waals surface area contributed by atoms with Gasteiger partial charge in [0.15, 0.2) is 0 Å². The van der Waals surface area contributed by atoms with E-state index in [0.29, 0.717) is 3.43 Å². The van der Waals surface area contributed by atoms with Crippen LogP contribution in [0, 0.1) is 0 Å². The SMILES string of the molecule is CCCC[C](CCCC)(CCCC)[Sn][C]1=CCCCO1. The predicted molar refractivity (Wildman–Crippen MR) is 90.3 cm³/mol. The van der Waals surface area contributed by atoms with Gasteiger partial charge in [-0.25, -0.2) is 0 Å². The fourth-order valence-corrected chi connectivity index (χ4v) is 8.29. The average Bonchev–Trinajstić information content (AvgIpc) is 2.49. The molecule has 1 rings (SSSR count). The molecule has 0 atom stereocenters. The van der Waals surface area contributed by atoms with E-state index in [1.54, 1.807) is 0 Å². The predicted octanol–water partition coefficient (Wildman–Crippen LogP) is 6.07. The van der Waals surface area contributed by atoms with E-state index in [1.807, 2.05) is 0 Å². The molecule has 0 amide bonds. The number of rotatable bonds is 11. The molecule has 116 valence electrons. The van der Waals surface area contributed by atoms with Crippen LogP contribution in [0.25, 0.3) is 0 Å². The van der Waals surface area contributed by atoms with E-state index in [2.05, 4.69) is 26.8 Å². The van der Waals surface area contributed by atoms with Gasteiger partial charge in [-0.2, -0.15) is 0 Å². The Kier molecular flexibility index (Phi) is 10.1. The molecule has 0 aromatic rings. The molecule has 0 bridgehead atoms. The van der Waals surface area contributed by atoms with Gasteiger partial charge in [-0.3, -0.25) is 0 Å². The second kappa shape index (κ2) is 11.0. The van der Waals surface area contributed by atoms with Crippen molar-refractivity contribution in [2.24, 2.45) is 0 Å². The molecule has 1 aliphatic rings. The van der Waals surface area contributed by atoms with E-state index >= 15 is 0 Å². The van der Waals surface area contributed by atoms with E-state index in [9.17, 15) is 0 Å². The van der Waals surface area contributed by atoms with Crippen LogP contribution in [0.15, 0.2) is 9.85 Å². The summed E-state index contributed by atoms with van der Waals surface area (Å²) in [5.74, 6) is 0. The molecule has 0 aromatic carbocycles. The van der Waals surface area contributed by atoms with Crippen molar-refractivity contribution >= 4 is 21.1 Å². The van der Waals surface area contributed by atoms with Gasteiger partial charge >= 0.3 is 137 Å². The minimum atomic E-state index is -0.574. The van der Waals surface area contributed by atoms with Gasteiger partial charge in [-0.1, -0.05) is 0 Å². The normalized spacial score (nSPS) is 15.8. The Morgan fingerprint density at radius 2 is 1.55 bits per heavy atom.